The topological polar surface area (TPSA) is 49.3 Å². The van der Waals surface area contributed by atoms with E-state index in [1.165, 1.54) is 4.90 Å². The molecule has 0 unspecified atom stereocenters. The Morgan fingerprint density at radius 3 is 2.43 bits per heavy atom. The molecule has 114 valence electrons. The molecular weight excluding hydrogens is 282 g/mol. The fraction of sp³-hybridized carbons (Fsp3) is 0.588. The molecule has 2 saturated carbocycles. The maximum Gasteiger partial charge on any atom is 0.222 e. The molecule has 2 fully saturated rings. The number of rotatable bonds is 6. The number of hydrogen-bond donors (Lipinski definition) is 2. The van der Waals surface area contributed by atoms with Crippen molar-refractivity contribution in [1.29, 1.82) is 0 Å². The van der Waals surface area contributed by atoms with E-state index in [0.29, 0.717) is 6.54 Å². The Kier molecular flexibility index (Phi) is 4.27. The molecule has 4 heteroatoms. The number of nitrogens with one attached hydrogen (secondary N) is 1. The first-order chi connectivity index (χ1) is 10.1. The lowest BCUT2D eigenvalue weighted by molar-refractivity contribution is -0.125. The van der Waals surface area contributed by atoms with Crippen molar-refractivity contribution < 1.29 is 9.90 Å². The third-order valence-electron chi connectivity index (χ3n) is 4.52. The van der Waals surface area contributed by atoms with Crippen molar-refractivity contribution in [2.75, 3.05) is 6.54 Å². The first-order valence-electron chi connectivity index (χ1n) is 7.83. The van der Waals surface area contributed by atoms with Gasteiger partial charge >= 0.3 is 0 Å². The van der Waals surface area contributed by atoms with Crippen molar-refractivity contribution in [3.8, 4) is 0 Å². The second kappa shape index (κ2) is 6.01. The van der Waals surface area contributed by atoms with Gasteiger partial charge in [0.25, 0.3) is 0 Å². The van der Waals surface area contributed by atoms with E-state index in [1.54, 1.807) is 0 Å². The molecule has 0 aliphatic heterocycles. The van der Waals surface area contributed by atoms with Crippen LogP contribution < -0.4 is 5.32 Å². The van der Waals surface area contributed by atoms with E-state index in [0.717, 1.165) is 38.5 Å². The Hall–Kier alpha value is -1.00. The lowest BCUT2D eigenvalue weighted by atomic mass is 9.98. The SMILES string of the molecule is O=C(CC1(O)CCCC1)NCC1(Sc2ccccc2)CC1. The molecule has 0 atom stereocenters. The van der Waals surface area contributed by atoms with Gasteiger partial charge in [-0.3, -0.25) is 4.79 Å². The molecule has 3 rings (SSSR count). The normalized spacial score (nSPS) is 22.0. The number of carbonyl (C=O) groups excluding carboxylic acids is 1. The number of thioether (sulfide) groups is 1. The van der Waals surface area contributed by atoms with Crippen LogP contribution in [0.2, 0.25) is 0 Å². The van der Waals surface area contributed by atoms with Gasteiger partial charge in [0.15, 0.2) is 0 Å². The summed E-state index contributed by atoms with van der Waals surface area (Å²) in [6, 6.07) is 10.4. The predicted molar refractivity (Wildman–Crippen MR) is 85.3 cm³/mol. The zero-order valence-electron chi connectivity index (χ0n) is 12.3. The van der Waals surface area contributed by atoms with Gasteiger partial charge in [-0.05, 0) is 37.8 Å². The van der Waals surface area contributed by atoms with Crippen LogP contribution in [0.4, 0.5) is 0 Å². The van der Waals surface area contributed by atoms with E-state index in [2.05, 4.69) is 17.4 Å². The second-order valence-electron chi connectivity index (χ2n) is 6.48. The quantitative estimate of drug-likeness (QED) is 0.849. The van der Waals surface area contributed by atoms with E-state index in [9.17, 15) is 9.90 Å². The number of carbonyl (C=O) groups is 1. The highest BCUT2D eigenvalue weighted by molar-refractivity contribution is 8.01. The highest BCUT2D eigenvalue weighted by atomic mass is 32.2. The highest BCUT2D eigenvalue weighted by Crippen LogP contribution is 2.51. The van der Waals surface area contributed by atoms with Gasteiger partial charge in [0.1, 0.15) is 0 Å². The Morgan fingerprint density at radius 2 is 1.81 bits per heavy atom. The summed E-state index contributed by atoms with van der Waals surface area (Å²) in [4.78, 5) is 13.3. The maximum atomic E-state index is 12.1. The van der Waals surface area contributed by atoms with Crippen molar-refractivity contribution in [3.05, 3.63) is 30.3 Å². The van der Waals surface area contributed by atoms with E-state index >= 15 is 0 Å². The van der Waals surface area contributed by atoms with Crippen LogP contribution >= 0.6 is 11.8 Å². The van der Waals surface area contributed by atoms with E-state index in [-0.39, 0.29) is 17.1 Å². The van der Waals surface area contributed by atoms with E-state index < -0.39 is 5.60 Å². The summed E-state index contributed by atoms with van der Waals surface area (Å²) in [5.74, 6) is -0.000614. The number of benzene rings is 1. The third kappa shape index (κ3) is 4.01. The fourth-order valence-electron chi connectivity index (χ4n) is 3.02. The Labute approximate surface area is 130 Å². The summed E-state index contributed by atoms with van der Waals surface area (Å²) in [5, 5.41) is 13.3. The van der Waals surface area contributed by atoms with Crippen LogP contribution in [0.3, 0.4) is 0 Å². The molecule has 2 aliphatic carbocycles. The lowest BCUT2D eigenvalue weighted by Crippen LogP contribution is -2.38. The minimum atomic E-state index is -0.743. The summed E-state index contributed by atoms with van der Waals surface area (Å²) in [7, 11) is 0. The minimum Gasteiger partial charge on any atom is -0.389 e. The van der Waals surface area contributed by atoms with Crippen LogP contribution in [0, 0.1) is 0 Å². The summed E-state index contributed by atoms with van der Waals surface area (Å²) in [6.45, 7) is 0.710. The second-order valence-corrected chi connectivity index (χ2v) is 8.02. The maximum absolute atomic E-state index is 12.1. The van der Waals surface area contributed by atoms with Gasteiger partial charge in [0, 0.05) is 16.2 Å². The highest BCUT2D eigenvalue weighted by Gasteiger charge is 2.44. The molecule has 0 spiro atoms. The smallest absolute Gasteiger partial charge is 0.222 e. The van der Waals surface area contributed by atoms with Crippen LogP contribution in [-0.2, 0) is 4.79 Å². The average Bonchev–Trinajstić information content (AvgIpc) is 3.10. The summed E-state index contributed by atoms with van der Waals surface area (Å²) in [6.07, 6.45) is 6.18. The van der Waals surface area contributed by atoms with Crippen LogP contribution in [0.15, 0.2) is 35.2 Å². The Bertz CT molecular complexity index is 493. The Morgan fingerprint density at radius 1 is 1.14 bits per heavy atom. The van der Waals surface area contributed by atoms with Crippen molar-refractivity contribution >= 4 is 17.7 Å². The van der Waals surface area contributed by atoms with Gasteiger partial charge in [-0.1, -0.05) is 31.0 Å². The van der Waals surface area contributed by atoms with Gasteiger partial charge in [-0.25, -0.2) is 0 Å². The van der Waals surface area contributed by atoms with Gasteiger partial charge in [-0.2, -0.15) is 0 Å². The summed E-state index contributed by atoms with van der Waals surface area (Å²) >= 11 is 1.86. The number of amides is 1. The largest absolute Gasteiger partial charge is 0.389 e. The third-order valence-corrected chi connectivity index (χ3v) is 6.01. The molecule has 0 saturated heterocycles. The lowest BCUT2D eigenvalue weighted by Gasteiger charge is -2.22. The van der Waals surface area contributed by atoms with Gasteiger partial charge in [0.2, 0.25) is 5.91 Å². The van der Waals surface area contributed by atoms with E-state index in [4.69, 9.17) is 0 Å². The molecule has 0 bridgehead atoms. The predicted octanol–water partition coefficient (Wildman–Crippen LogP) is 3.12. The zero-order valence-corrected chi connectivity index (χ0v) is 13.1. The van der Waals surface area contributed by atoms with Crippen LogP contribution in [-0.4, -0.2) is 27.9 Å². The molecule has 0 aromatic heterocycles. The Balaban J connectivity index is 1.47. The zero-order chi connectivity index (χ0) is 14.8. The first-order valence-corrected chi connectivity index (χ1v) is 8.64. The van der Waals surface area contributed by atoms with Crippen LogP contribution in [0.25, 0.3) is 0 Å². The van der Waals surface area contributed by atoms with Crippen molar-refractivity contribution in [2.45, 2.75) is 60.2 Å². The molecule has 2 aliphatic rings. The monoisotopic (exact) mass is 305 g/mol. The van der Waals surface area contributed by atoms with E-state index in [1.807, 2.05) is 30.0 Å². The average molecular weight is 305 g/mol. The summed E-state index contributed by atoms with van der Waals surface area (Å²) in [5.41, 5.74) is -0.743. The standard InChI is InChI=1S/C17H23NO2S/c19-15(12-16(20)8-4-5-9-16)18-13-17(10-11-17)21-14-6-2-1-3-7-14/h1-3,6-7,20H,4-5,8-13H2,(H,18,19). The van der Waals surface area contributed by atoms with Crippen LogP contribution in [0.5, 0.6) is 0 Å². The number of hydrogen-bond acceptors (Lipinski definition) is 3. The van der Waals surface area contributed by atoms with Gasteiger partial charge in [0.05, 0.1) is 12.0 Å². The molecule has 1 aromatic carbocycles. The molecule has 21 heavy (non-hydrogen) atoms. The first kappa shape index (κ1) is 14.9. The molecule has 2 N–H and O–H groups in total. The van der Waals surface area contributed by atoms with Crippen molar-refractivity contribution in [2.24, 2.45) is 0 Å². The molecule has 0 heterocycles. The number of aliphatic hydroxyl groups is 1. The van der Waals surface area contributed by atoms with Crippen molar-refractivity contribution in [3.63, 3.8) is 0 Å². The van der Waals surface area contributed by atoms with Crippen molar-refractivity contribution in [1.82, 2.24) is 5.32 Å². The molecule has 0 radical (unpaired) electrons. The summed E-state index contributed by atoms with van der Waals surface area (Å²) < 4.78 is 0.176. The molecule has 1 amide bonds. The minimum absolute atomic E-state index is 0.000614. The van der Waals surface area contributed by atoms with Crippen LogP contribution in [0.1, 0.15) is 44.9 Å². The molecule has 3 nitrogen and oxygen atoms in total. The fourth-order valence-corrected chi connectivity index (χ4v) is 4.27. The van der Waals surface area contributed by atoms with Gasteiger partial charge < -0.3 is 10.4 Å². The van der Waals surface area contributed by atoms with Gasteiger partial charge in [-0.15, -0.1) is 11.8 Å². The molecule has 1 aromatic rings. The molecular formula is C17H23NO2S.